The molecule has 0 fully saturated rings. The zero-order valence-electron chi connectivity index (χ0n) is 17.5. The molecular formula is C23H20ClF2N3O3. The number of rotatable bonds is 6. The van der Waals surface area contributed by atoms with Crippen LogP contribution in [0.15, 0.2) is 48.5 Å². The van der Waals surface area contributed by atoms with E-state index in [-0.39, 0.29) is 16.5 Å². The standard InChI is InChI=1S/C23H20ClF2N3O3/c1-13-19(14(2)29(28-13)18-7-4-16(25)5-8-18)9-11-22(30)32-15(3)23(31)27-21-10-6-17(26)12-20(21)24/h4-12,15H,1-3H3,(H,27,31)/b11-9+. The average Bonchev–Trinajstić information content (AvgIpc) is 3.02. The molecule has 6 nitrogen and oxygen atoms in total. The van der Waals surface area contributed by atoms with Crippen molar-refractivity contribution >= 4 is 35.2 Å². The quantitative estimate of drug-likeness (QED) is 0.415. The van der Waals surface area contributed by atoms with E-state index in [2.05, 4.69) is 10.4 Å². The van der Waals surface area contributed by atoms with Gasteiger partial charge in [-0.25, -0.2) is 18.3 Å². The number of amides is 1. The highest BCUT2D eigenvalue weighted by atomic mass is 35.5. The number of aromatic nitrogens is 2. The van der Waals surface area contributed by atoms with Crippen LogP contribution in [0.5, 0.6) is 0 Å². The lowest BCUT2D eigenvalue weighted by Crippen LogP contribution is -2.29. The molecule has 1 amide bonds. The second kappa shape index (κ2) is 9.74. The zero-order chi connectivity index (χ0) is 23.4. The largest absolute Gasteiger partial charge is 0.449 e. The molecule has 3 rings (SSSR count). The number of benzene rings is 2. The van der Waals surface area contributed by atoms with Crippen LogP contribution in [0.4, 0.5) is 14.5 Å². The Morgan fingerprint density at radius 1 is 1.12 bits per heavy atom. The fourth-order valence-electron chi connectivity index (χ4n) is 2.97. The molecule has 1 atom stereocenters. The number of halogens is 3. The summed E-state index contributed by atoms with van der Waals surface area (Å²) in [5.74, 6) is -2.23. The third-order valence-corrected chi connectivity index (χ3v) is 4.97. The molecule has 0 bridgehead atoms. The number of ether oxygens (including phenoxy) is 1. The Hall–Kier alpha value is -3.52. The number of carbonyl (C=O) groups excluding carboxylic acids is 2. The van der Waals surface area contributed by atoms with Crippen LogP contribution in [-0.4, -0.2) is 27.8 Å². The summed E-state index contributed by atoms with van der Waals surface area (Å²) < 4.78 is 33.1. The van der Waals surface area contributed by atoms with Crippen molar-refractivity contribution in [3.05, 3.63) is 82.1 Å². The van der Waals surface area contributed by atoms with Gasteiger partial charge >= 0.3 is 5.97 Å². The molecule has 2 aromatic carbocycles. The summed E-state index contributed by atoms with van der Waals surface area (Å²) in [6.07, 6.45) is 1.62. The van der Waals surface area contributed by atoms with E-state index in [9.17, 15) is 18.4 Å². The molecule has 0 saturated heterocycles. The second-order valence-corrected chi connectivity index (χ2v) is 7.41. The van der Waals surface area contributed by atoms with Crippen molar-refractivity contribution in [2.45, 2.75) is 26.9 Å². The normalized spacial score (nSPS) is 12.1. The Morgan fingerprint density at radius 2 is 1.78 bits per heavy atom. The molecule has 0 aliphatic carbocycles. The molecule has 1 heterocycles. The lowest BCUT2D eigenvalue weighted by molar-refractivity contribution is -0.148. The van der Waals surface area contributed by atoms with Crippen LogP contribution >= 0.6 is 11.6 Å². The summed E-state index contributed by atoms with van der Waals surface area (Å²) >= 11 is 5.89. The van der Waals surface area contributed by atoms with Gasteiger partial charge in [-0.2, -0.15) is 5.10 Å². The van der Waals surface area contributed by atoms with Gasteiger partial charge in [-0.3, -0.25) is 4.79 Å². The van der Waals surface area contributed by atoms with Crippen molar-refractivity contribution in [1.82, 2.24) is 9.78 Å². The Bertz CT molecular complexity index is 1190. The first-order valence-electron chi connectivity index (χ1n) is 9.62. The molecule has 1 unspecified atom stereocenters. The fraction of sp³-hybridized carbons (Fsp3) is 0.174. The van der Waals surface area contributed by atoms with Crippen molar-refractivity contribution in [1.29, 1.82) is 0 Å². The topological polar surface area (TPSA) is 73.2 Å². The SMILES string of the molecule is Cc1nn(-c2ccc(F)cc2)c(C)c1/C=C/C(=O)OC(C)C(=O)Nc1ccc(F)cc1Cl. The van der Waals surface area contributed by atoms with Crippen molar-refractivity contribution < 1.29 is 23.1 Å². The highest BCUT2D eigenvalue weighted by Gasteiger charge is 2.18. The molecule has 9 heteroatoms. The molecule has 0 saturated carbocycles. The van der Waals surface area contributed by atoms with E-state index in [1.54, 1.807) is 29.8 Å². The lowest BCUT2D eigenvalue weighted by atomic mass is 10.2. The number of esters is 1. The van der Waals surface area contributed by atoms with Crippen molar-refractivity contribution in [2.75, 3.05) is 5.32 Å². The van der Waals surface area contributed by atoms with Crippen molar-refractivity contribution in [3.63, 3.8) is 0 Å². The van der Waals surface area contributed by atoms with Gasteiger partial charge < -0.3 is 10.1 Å². The predicted octanol–water partition coefficient (Wildman–Crippen LogP) is 5.00. The number of hydrogen-bond donors (Lipinski definition) is 1. The lowest BCUT2D eigenvalue weighted by Gasteiger charge is -2.13. The van der Waals surface area contributed by atoms with Crippen LogP contribution in [0.25, 0.3) is 11.8 Å². The average molecular weight is 460 g/mol. The fourth-order valence-corrected chi connectivity index (χ4v) is 3.19. The van der Waals surface area contributed by atoms with Gasteiger partial charge in [0.15, 0.2) is 6.10 Å². The molecule has 0 spiro atoms. The summed E-state index contributed by atoms with van der Waals surface area (Å²) in [7, 11) is 0. The molecule has 3 aromatic rings. The zero-order valence-corrected chi connectivity index (χ0v) is 18.3. The minimum Gasteiger partial charge on any atom is -0.449 e. The second-order valence-electron chi connectivity index (χ2n) is 7.00. The molecule has 166 valence electrons. The van der Waals surface area contributed by atoms with Gasteiger partial charge in [0, 0.05) is 17.3 Å². The van der Waals surface area contributed by atoms with Crippen LogP contribution in [0.2, 0.25) is 5.02 Å². The van der Waals surface area contributed by atoms with Crippen LogP contribution in [-0.2, 0) is 14.3 Å². The predicted molar refractivity (Wildman–Crippen MR) is 118 cm³/mol. The van der Waals surface area contributed by atoms with Crippen LogP contribution in [0.3, 0.4) is 0 Å². The number of anilines is 1. The van der Waals surface area contributed by atoms with E-state index in [1.165, 1.54) is 31.2 Å². The van der Waals surface area contributed by atoms with Crippen molar-refractivity contribution in [2.24, 2.45) is 0 Å². The molecule has 0 aliphatic heterocycles. The summed E-state index contributed by atoms with van der Waals surface area (Å²) in [6, 6.07) is 9.40. The summed E-state index contributed by atoms with van der Waals surface area (Å²) in [4.78, 5) is 24.4. The number of nitrogens with zero attached hydrogens (tertiary/aromatic N) is 2. The number of carbonyl (C=O) groups is 2. The Balaban J connectivity index is 1.66. The molecule has 0 aliphatic rings. The van der Waals surface area contributed by atoms with Gasteiger partial charge in [0.1, 0.15) is 11.6 Å². The number of nitrogens with one attached hydrogen (secondary N) is 1. The monoisotopic (exact) mass is 459 g/mol. The van der Waals surface area contributed by atoms with E-state index < -0.39 is 23.8 Å². The van der Waals surface area contributed by atoms with E-state index in [0.717, 1.165) is 17.8 Å². The molecular weight excluding hydrogens is 440 g/mol. The third-order valence-electron chi connectivity index (χ3n) is 4.66. The van der Waals surface area contributed by atoms with Gasteiger partial charge in [0.25, 0.3) is 5.91 Å². The smallest absolute Gasteiger partial charge is 0.331 e. The van der Waals surface area contributed by atoms with Gasteiger partial charge in [-0.05, 0) is 69.3 Å². The molecule has 0 radical (unpaired) electrons. The highest BCUT2D eigenvalue weighted by molar-refractivity contribution is 6.33. The van der Waals surface area contributed by atoms with Crippen LogP contribution in [0, 0.1) is 25.5 Å². The van der Waals surface area contributed by atoms with Gasteiger partial charge in [0.05, 0.1) is 22.1 Å². The minimum atomic E-state index is -1.11. The van der Waals surface area contributed by atoms with Gasteiger partial charge in [0.2, 0.25) is 0 Å². The maximum atomic E-state index is 13.2. The van der Waals surface area contributed by atoms with Crippen LogP contribution < -0.4 is 5.32 Å². The summed E-state index contributed by atoms with van der Waals surface area (Å²) in [5.41, 5.74) is 2.99. The van der Waals surface area contributed by atoms with Gasteiger partial charge in [-0.1, -0.05) is 11.6 Å². The number of aryl methyl sites for hydroxylation is 1. The first-order valence-corrected chi connectivity index (χ1v) is 10.00. The maximum absolute atomic E-state index is 13.2. The molecule has 1 N–H and O–H groups in total. The Morgan fingerprint density at radius 3 is 2.44 bits per heavy atom. The molecule has 1 aromatic heterocycles. The van der Waals surface area contributed by atoms with E-state index in [1.807, 2.05) is 6.92 Å². The Labute approximate surface area is 188 Å². The summed E-state index contributed by atoms with van der Waals surface area (Å²) in [5, 5.41) is 6.94. The number of hydrogen-bond acceptors (Lipinski definition) is 4. The Kier molecular flexibility index (Phi) is 7.05. The van der Waals surface area contributed by atoms with E-state index >= 15 is 0 Å². The highest BCUT2D eigenvalue weighted by Crippen LogP contribution is 2.23. The third kappa shape index (κ3) is 5.39. The maximum Gasteiger partial charge on any atom is 0.331 e. The van der Waals surface area contributed by atoms with Crippen LogP contribution in [0.1, 0.15) is 23.9 Å². The first kappa shape index (κ1) is 23.1. The molecule has 32 heavy (non-hydrogen) atoms. The van der Waals surface area contributed by atoms with Gasteiger partial charge in [-0.15, -0.1) is 0 Å². The minimum absolute atomic E-state index is 0.0286. The van der Waals surface area contributed by atoms with E-state index in [0.29, 0.717) is 16.9 Å². The van der Waals surface area contributed by atoms with E-state index in [4.69, 9.17) is 16.3 Å². The van der Waals surface area contributed by atoms with Crippen molar-refractivity contribution in [3.8, 4) is 5.69 Å². The first-order chi connectivity index (χ1) is 15.2. The summed E-state index contributed by atoms with van der Waals surface area (Å²) in [6.45, 7) is 5.00.